The Hall–Kier alpha value is -1.55. The Morgan fingerprint density at radius 1 is 1.40 bits per heavy atom. The van der Waals surface area contributed by atoms with Gasteiger partial charge in [0.15, 0.2) is 0 Å². The Morgan fingerprint density at radius 3 is 3.05 bits per heavy atom. The summed E-state index contributed by atoms with van der Waals surface area (Å²) in [5.74, 6) is 0.176. The van der Waals surface area contributed by atoms with Crippen molar-refractivity contribution in [3.8, 4) is 0 Å². The molecule has 108 valence electrons. The predicted molar refractivity (Wildman–Crippen MR) is 80.9 cm³/mol. The number of amides is 1. The molecule has 0 unspecified atom stereocenters. The van der Waals surface area contributed by atoms with E-state index in [2.05, 4.69) is 40.8 Å². The molecule has 1 aliphatic heterocycles. The van der Waals surface area contributed by atoms with Gasteiger partial charge in [-0.15, -0.1) is 0 Å². The largest absolute Gasteiger partial charge is 0.374 e. The molecule has 1 aromatic carbocycles. The van der Waals surface area contributed by atoms with Crippen LogP contribution in [0.5, 0.6) is 0 Å². The predicted octanol–water partition coefficient (Wildman–Crippen LogP) is 1.44. The normalized spacial score (nSPS) is 17.1. The van der Waals surface area contributed by atoms with E-state index in [0.29, 0.717) is 12.5 Å². The molecular formula is C16H23N3O. The summed E-state index contributed by atoms with van der Waals surface area (Å²) in [6.07, 6.45) is 4.03. The second kappa shape index (κ2) is 5.83. The van der Waals surface area contributed by atoms with Gasteiger partial charge >= 0.3 is 0 Å². The van der Waals surface area contributed by atoms with Crippen LogP contribution in [0.2, 0.25) is 0 Å². The number of rotatable bonds is 6. The van der Waals surface area contributed by atoms with Crippen LogP contribution in [0.1, 0.15) is 30.4 Å². The second-order valence-electron chi connectivity index (χ2n) is 5.90. The first-order valence-electron chi connectivity index (χ1n) is 7.55. The Kier molecular flexibility index (Phi) is 3.92. The van der Waals surface area contributed by atoms with Gasteiger partial charge < -0.3 is 15.5 Å². The van der Waals surface area contributed by atoms with Crippen molar-refractivity contribution >= 4 is 11.6 Å². The van der Waals surface area contributed by atoms with Crippen molar-refractivity contribution in [3.05, 3.63) is 29.3 Å². The van der Waals surface area contributed by atoms with E-state index in [9.17, 15) is 4.79 Å². The highest BCUT2D eigenvalue weighted by molar-refractivity contribution is 5.76. The van der Waals surface area contributed by atoms with Gasteiger partial charge in [0.25, 0.3) is 0 Å². The number of carbonyl (C=O) groups excluding carboxylic acids is 1. The van der Waals surface area contributed by atoms with E-state index < -0.39 is 0 Å². The minimum absolute atomic E-state index is 0.176. The summed E-state index contributed by atoms with van der Waals surface area (Å²) in [5.41, 5.74) is 4.11. The highest BCUT2D eigenvalue weighted by Crippen LogP contribution is 2.27. The number of hydrogen-bond acceptors (Lipinski definition) is 3. The monoisotopic (exact) mass is 273 g/mol. The molecule has 2 N–H and O–H groups in total. The molecule has 20 heavy (non-hydrogen) atoms. The van der Waals surface area contributed by atoms with Crippen molar-refractivity contribution in [1.82, 2.24) is 10.6 Å². The minimum Gasteiger partial charge on any atom is -0.374 e. The topological polar surface area (TPSA) is 44.4 Å². The van der Waals surface area contributed by atoms with Crippen LogP contribution in [-0.2, 0) is 17.8 Å². The summed E-state index contributed by atoms with van der Waals surface area (Å²) in [6.45, 7) is 2.71. The molecule has 0 saturated heterocycles. The summed E-state index contributed by atoms with van der Waals surface area (Å²) in [7, 11) is 2.14. The molecule has 0 atom stereocenters. The lowest BCUT2D eigenvalue weighted by Crippen LogP contribution is -2.29. The summed E-state index contributed by atoms with van der Waals surface area (Å²) in [6, 6.07) is 7.14. The molecule has 2 aliphatic rings. The zero-order chi connectivity index (χ0) is 13.9. The minimum atomic E-state index is 0.176. The van der Waals surface area contributed by atoms with Crippen molar-refractivity contribution in [3.63, 3.8) is 0 Å². The van der Waals surface area contributed by atoms with E-state index in [1.54, 1.807) is 0 Å². The number of fused-ring (bicyclic) bond motifs is 1. The fraction of sp³-hybridized carbons (Fsp3) is 0.562. The van der Waals surface area contributed by atoms with Crippen LogP contribution in [0.15, 0.2) is 18.2 Å². The van der Waals surface area contributed by atoms with E-state index in [1.165, 1.54) is 16.8 Å². The molecule has 4 heteroatoms. The van der Waals surface area contributed by atoms with E-state index >= 15 is 0 Å². The average molecular weight is 273 g/mol. The van der Waals surface area contributed by atoms with E-state index in [0.717, 1.165) is 38.9 Å². The van der Waals surface area contributed by atoms with Gasteiger partial charge in [0, 0.05) is 44.8 Å². The lowest BCUT2D eigenvalue weighted by Gasteiger charge is -2.12. The summed E-state index contributed by atoms with van der Waals surface area (Å²) < 4.78 is 0. The molecule has 3 rings (SSSR count). The summed E-state index contributed by atoms with van der Waals surface area (Å²) in [5, 5.41) is 6.36. The molecule has 1 heterocycles. The SMILES string of the molecule is CN1CCc2cc(CNCCC(=O)NC3CC3)ccc21. The fourth-order valence-corrected chi connectivity index (χ4v) is 2.69. The number of nitrogens with one attached hydrogen (secondary N) is 2. The third kappa shape index (κ3) is 3.31. The summed E-state index contributed by atoms with van der Waals surface area (Å²) in [4.78, 5) is 13.8. The van der Waals surface area contributed by atoms with Crippen molar-refractivity contribution in [2.45, 2.75) is 38.3 Å². The van der Waals surface area contributed by atoms with E-state index in [1.807, 2.05) is 0 Å². The standard InChI is InChI=1S/C16H23N3O/c1-19-9-7-13-10-12(2-5-15(13)19)11-17-8-6-16(20)18-14-3-4-14/h2,5,10,14,17H,3-4,6-9,11H2,1H3,(H,18,20). The van der Waals surface area contributed by atoms with Gasteiger partial charge in [-0.3, -0.25) is 4.79 Å². The van der Waals surface area contributed by atoms with Crippen molar-refractivity contribution in [2.24, 2.45) is 0 Å². The molecule has 1 saturated carbocycles. The molecule has 1 aromatic rings. The van der Waals surface area contributed by atoms with Crippen LogP contribution in [-0.4, -0.2) is 32.1 Å². The molecule has 0 spiro atoms. The quantitative estimate of drug-likeness (QED) is 0.771. The average Bonchev–Trinajstić information content (AvgIpc) is 3.18. The molecule has 1 aliphatic carbocycles. The Balaban J connectivity index is 1.41. The number of likely N-dealkylation sites (N-methyl/N-ethyl adjacent to an activating group) is 1. The number of hydrogen-bond donors (Lipinski definition) is 2. The molecular weight excluding hydrogens is 250 g/mol. The maximum absolute atomic E-state index is 11.5. The van der Waals surface area contributed by atoms with Gasteiger partial charge in [0.05, 0.1) is 0 Å². The van der Waals surface area contributed by atoms with Gasteiger partial charge in [0.2, 0.25) is 5.91 Å². The second-order valence-corrected chi connectivity index (χ2v) is 5.90. The van der Waals surface area contributed by atoms with Gasteiger partial charge in [-0.2, -0.15) is 0 Å². The molecule has 1 amide bonds. The molecule has 1 fully saturated rings. The number of anilines is 1. The molecule has 0 radical (unpaired) electrons. The number of nitrogens with zero attached hydrogens (tertiary/aromatic N) is 1. The van der Waals surface area contributed by atoms with Crippen LogP contribution >= 0.6 is 0 Å². The highest BCUT2D eigenvalue weighted by atomic mass is 16.1. The van der Waals surface area contributed by atoms with Gasteiger partial charge in [-0.05, 0) is 36.5 Å². The molecule has 4 nitrogen and oxygen atoms in total. The van der Waals surface area contributed by atoms with Crippen LogP contribution in [0.3, 0.4) is 0 Å². The lowest BCUT2D eigenvalue weighted by atomic mass is 10.1. The Morgan fingerprint density at radius 2 is 2.25 bits per heavy atom. The Labute approximate surface area is 120 Å². The maximum Gasteiger partial charge on any atom is 0.221 e. The van der Waals surface area contributed by atoms with Crippen LogP contribution in [0.4, 0.5) is 5.69 Å². The van der Waals surface area contributed by atoms with E-state index in [-0.39, 0.29) is 5.91 Å². The third-order valence-electron chi connectivity index (χ3n) is 4.07. The lowest BCUT2D eigenvalue weighted by molar-refractivity contribution is -0.121. The first kappa shape index (κ1) is 13.4. The van der Waals surface area contributed by atoms with Gasteiger partial charge in [-0.1, -0.05) is 12.1 Å². The van der Waals surface area contributed by atoms with Crippen molar-refractivity contribution < 1.29 is 4.79 Å². The number of benzene rings is 1. The Bertz CT molecular complexity index is 496. The van der Waals surface area contributed by atoms with Crippen LogP contribution < -0.4 is 15.5 Å². The van der Waals surface area contributed by atoms with Crippen molar-refractivity contribution in [1.29, 1.82) is 0 Å². The summed E-state index contributed by atoms with van der Waals surface area (Å²) >= 11 is 0. The number of carbonyl (C=O) groups is 1. The van der Waals surface area contributed by atoms with Gasteiger partial charge in [-0.25, -0.2) is 0 Å². The van der Waals surface area contributed by atoms with E-state index in [4.69, 9.17) is 0 Å². The van der Waals surface area contributed by atoms with Gasteiger partial charge in [0.1, 0.15) is 0 Å². The van der Waals surface area contributed by atoms with Crippen LogP contribution in [0.25, 0.3) is 0 Å². The first-order chi connectivity index (χ1) is 9.72. The molecule has 0 bridgehead atoms. The first-order valence-corrected chi connectivity index (χ1v) is 7.55. The zero-order valence-corrected chi connectivity index (χ0v) is 12.1. The highest BCUT2D eigenvalue weighted by Gasteiger charge is 2.22. The zero-order valence-electron chi connectivity index (χ0n) is 12.1. The fourth-order valence-electron chi connectivity index (χ4n) is 2.69. The molecule has 0 aromatic heterocycles. The smallest absolute Gasteiger partial charge is 0.221 e. The van der Waals surface area contributed by atoms with Crippen molar-refractivity contribution in [2.75, 3.05) is 25.0 Å². The maximum atomic E-state index is 11.5. The van der Waals surface area contributed by atoms with Crippen LogP contribution in [0, 0.1) is 0 Å². The third-order valence-corrected chi connectivity index (χ3v) is 4.07.